The molecule has 0 bridgehead atoms. The molecule has 0 aliphatic rings. The van der Waals surface area contributed by atoms with Crippen LogP contribution in [0.2, 0.25) is 0 Å². The van der Waals surface area contributed by atoms with Crippen molar-refractivity contribution in [2.75, 3.05) is 0 Å². The zero-order valence-corrected chi connectivity index (χ0v) is 12.3. The van der Waals surface area contributed by atoms with Crippen molar-refractivity contribution in [2.24, 2.45) is 0 Å². The lowest BCUT2D eigenvalue weighted by Crippen LogP contribution is -2.27. The van der Waals surface area contributed by atoms with Crippen LogP contribution in [0.3, 0.4) is 0 Å². The van der Waals surface area contributed by atoms with Crippen LogP contribution in [0.1, 0.15) is 37.8 Å². The average molecular weight is 262 g/mol. The van der Waals surface area contributed by atoms with Crippen molar-refractivity contribution < 1.29 is 17.6 Å². The maximum atomic E-state index is 12.4. The average Bonchev–Trinajstić information content (AvgIpc) is 2.32. The molecule has 0 N–H and O–H groups in total. The first-order valence-electron chi connectivity index (χ1n) is 5.62. The van der Waals surface area contributed by atoms with E-state index in [-0.39, 0.29) is 0 Å². The maximum absolute atomic E-state index is 12.4. The highest BCUT2D eigenvalue weighted by Gasteiger charge is 2.32. The summed E-state index contributed by atoms with van der Waals surface area (Å²) in [4.78, 5) is 0. The van der Waals surface area contributed by atoms with E-state index < -0.39 is 17.3 Å². The van der Waals surface area contributed by atoms with E-state index in [1.54, 1.807) is 0 Å². The number of alkyl halides is 3. The van der Waals surface area contributed by atoms with Crippen LogP contribution in [0.4, 0.5) is 13.2 Å². The van der Waals surface area contributed by atoms with Crippen LogP contribution < -0.4 is 0 Å². The van der Waals surface area contributed by atoms with Gasteiger partial charge in [-0.2, -0.15) is 13.2 Å². The summed E-state index contributed by atoms with van der Waals surface area (Å²) < 4.78 is 42.9. The molecule has 0 saturated heterocycles. The Kier molecular flexibility index (Phi) is 4.38. The molecular formula is C12H17F3OSi. The van der Waals surface area contributed by atoms with E-state index in [0.29, 0.717) is 10.5 Å². The first kappa shape index (κ1) is 14.2. The van der Waals surface area contributed by atoms with Crippen LogP contribution >= 0.6 is 0 Å². The van der Waals surface area contributed by atoms with Gasteiger partial charge in [0, 0.05) is 0 Å². The van der Waals surface area contributed by atoms with Gasteiger partial charge in [-0.15, -0.1) is 0 Å². The van der Waals surface area contributed by atoms with Crippen molar-refractivity contribution in [3.8, 4) is 0 Å². The predicted octanol–water partition coefficient (Wildman–Crippen LogP) is 3.02. The van der Waals surface area contributed by atoms with Crippen LogP contribution in [-0.4, -0.2) is 10.5 Å². The minimum Gasteiger partial charge on any atom is -0.418 e. The third-order valence-electron chi connectivity index (χ3n) is 3.27. The van der Waals surface area contributed by atoms with Gasteiger partial charge in [-0.05, 0) is 30.5 Å². The zero-order chi connectivity index (χ0) is 13.1. The molecule has 1 nitrogen and oxygen atoms in total. The molecule has 0 radical (unpaired) electrons. The highest BCUT2D eigenvalue weighted by atomic mass is 28.2. The minimum absolute atomic E-state index is 0.420. The molecule has 96 valence electrons. The fourth-order valence-electron chi connectivity index (χ4n) is 2.03. The molecule has 0 aliphatic heterocycles. The topological polar surface area (TPSA) is 9.23 Å². The number of hydrogen-bond donors (Lipinski definition) is 0. The lowest BCUT2D eigenvalue weighted by molar-refractivity contribution is -0.137. The van der Waals surface area contributed by atoms with Crippen LogP contribution in [0.15, 0.2) is 24.3 Å². The highest BCUT2D eigenvalue weighted by Crippen LogP contribution is 2.35. The molecule has 0 heterocycles. The summed E-state index contributed by atoms with van der Waals surface area (Å²) in [5, 5.41) is 0. The van der Waals surface area contributed by atoms with E-state index in [1.165, 1.54) is 12.1 Å². The van der Waals surface area contributed by atoms with E-state index in [9.17, 15) is 13.2 Å². The van der Waals surface area contributed by atoms with Crippen molar-refractivity contribution in [3.63, 3.8) is 0 Å². The lowest BCUT2D eigenvalue weighted by Gasteiger charge is -2.31. The third kappa shape index (κ3) is 2.90. The molecule has 0 fully saturated rings. The Labute approximate surface area is 103 Å². The normalized spacial score (nSPS) is 13.0. The van der Waals surface area contributed by atoms with Gasteiger partial charge in [0.15, 0.2) is 0 Å². The molecule has 0 atom stereocenters. The van der Waals surface area contributed by atoms with Gasteiger partial charge in [-0.1, -0.05) is 26.0 Å². The van der Waals surface area contributed by atoms with Gasteiger partial charge in [0.05, 0.1) is 11.2 Å². The van der Waals surface area contributed by atoms with Gasteiger partial charge >= 0.3 is 6.18 Å². The van der Waals surface area contributed by atoms with Crippen LogP contribution in [0, 0.1) is 0 Å². The summed E-state index contributed by atoms with van der Waals surface area (Å²) >= 11 is 0. The Morgan fingerprint density at radius 1 is 1.00 bits per heavy atom. The Balaban J connectivity index is 3.09. The van der Waals surface area contributed by atoms with Crippen molar-refractivity contribution >= 4 is 10.5 Å². The van der Waals surface area contributed by atoms with Crippen LogP contribution in [-0.2, 0) is 16.2 Å². The molecular weight excluding hydrogens is 245 g/mol. The van der Waals surface area contributed by atoms with Crippen molar-refractivity contribution in [1.29, 1.82) is 0 Å². The molecule has 0 spiro atoms. The third-order valence-corrected chi connectivity index (χ3v) is 4.05. The molecule has 5 heteroatoms. The Bertz CT molecular complexity index is 347. The van der Waals surface area contributed by atoms with Crippen molar-refractivity contribution in [1.82, 2.24) is 0 Å². The van der Waals surface area contributed by atoms with E-state index >= 15 is 0 Å². The van der Waals surface area contributed by atoms with E-state index in [0.717, 1.165) is 30.5 Å². The molecule has 17 heavy (non-hydrogen) atoms. The van der Waals surface area contributed by atoms with Crippen molar-refractivity contribution in [3.05, 3.63) is 35.4 Å². The summed E-state index contributed by atoms with van der Waals surface area (Å²) in [7, 11) is 0.567. The zero-order valence-electron chi connectivity index (χ0n) is 10.3. The Morgan fingerprint density at radius 2 is 1.41 bits per heavy atom. The van der Waals surface area contributed by atoms with Gasteiger partial charge < -0.3 is 4.43 Å². The Morgan fingerprint density at radius 3 is 1.71 bits per heavy atom. The Hall–Kier alpha value is -0.813. The molecule has 1 aromatic carbocycles. The number of rotatable bonds is 4. The number of halogens is 3. The lowest BCUT2D eigenvalue weighted by atomic mass is 9.88. The predicted molar refractivity (Wildman–Crippen MR) is 64.7 cm³/mol. The molecule has 0 unspecified atom stereocenters. The molecule has 0 amide bonds. The second-order valence-electron chi connectivity index (χ2n) is 3.98. The van der Waals surface area contributed by atoms with Gasteiger partial charge in [-0.3, -0.25) is 0 Å². The van der Waals surface area contributed by atoms with Crippen molar-refractivity contribution in [2.45, 2.75) is 38.5 Å². The molecule has 0 aromatic heterocycles. The first-order chi connectivity index (χ1) is 7.89. The molecule has 1 aromatic rings. The van der Waals surface area contributed by atoms with E-state index in [1.807, 2.05) is 13.8 Å². The fourth-order valence-corrected chi connectivity index (χ4v) is 2.84. The van der Waals surface area contributed by atoms with Gasteiger partial charge in [-0.25, -0.2) is 0 Å². The molecule has 1 rings (SSSR count). The molecule has 0 aliphatic carbocycles. The summed E-state index contributed by atoms with van der Waals surface area (Å²) in [5.74, 6) is 0. The SMILES string of the molecule is CCC(CC)(O[SiH3])c1ccc(C(F)(F)F)cc1. The maximum Gasteiger partial charge on any atom is 0.416 e. The first-order valence-corrected chi connectivity index (χ1v) is 6.44. The van der Waals surface area contributed by atoms with Gasteiger partial charge in [0.1, 0.15) is 10.5 Å². The van der Waals surface area contributed by atoms with Crippen LogP contribution in [0.25, 0.3) is 0 Å². The quantitative estimate of drug-likeness (QED) is 0.758. The van der Waals surface area contributed by atoms with E-state index in [4.69, 9.17) is 4.43 Å². The smallest absolute Gasteiger partial charge is 0.416 e. The second kappa shape index (κ2) is 5.22. The summed E-state index contributed by atoms with van der Waals surface area (Å²) in [6.07, 6.45) is -2.75. The largest absolute Gasteiger partial charge is 0.418 e. The van der Waals surface area contributed by atoms with Crippen LogP contribution in [0.5, 0.6) is 0 Å². The number of hydrogen-bond acceptors (Lipinski definition) is 1. The molecule has 0 saturated carbocycles. The second-order valence-corrected chi connectivity index (χ2v) is 4.39. The van der Waals surface area contributed by atoms with Gasteiger partial charge in [0.25, 0.3) is 0 Å². The summed E-state index contributed by atoms with van der Waals surface area (Å²) in [5.41, 5.74) is -0.211. The monoisotopic (exact) mass is 262 g/mol. The highest BCUT2D eigenvalue weighted by molar-refractivity contribution is 5.98. The summed E-state index contributed by atoms with van der Waals surface area (Å²) in [6.45, 7) is 3.97. The summed E-state index contributed by atoms with van der Waals surface area (Å²) in [6, 6.07) is 5.29. The van der Waals surface area contributed by atoms with E-state index in [2.05, 4.69) is 0 Å². The number of benzene rings is 1. The standard InChI is InChI=1S/C12H17F3OSi/c1-3-11(4-2,16-17)9-5-7-10(8-6-9)12(13,14)15/h5-8H,3-4H2,1-2,17H3. The minimum atomic E-state index is -4.28. The fraction of sp³-hybridized carbons (Fsp3) is 0.500. The van der Waals surface area contributed by atoms with Gasteiger partial charge in [0.2, 0.25) is 0 Å².